The molecule has 0 aliphatic rings. The van der Waals surface area contributed by atoms with Crippen molar-refractivity contribution >= 4 is 0 Å². The Bertz CT molecular complexity index is 348. The lowest BCUT2D eigenvalue weighted by molar-refractivity contribution is 0.274. The van der Waals surface area contributed by atoms with Gasteiger partial charge in [-0.2, -0.15) is 0 Å². The van der Waals surface area contributed by atoms with Crippen LogP contribution in [-0.2, 0) is 6.61 Å². The van der Waals surface area contributed by atoms with Crippen LogP contribution in [0.1, 0.15) is 5.69 Å². The molecule has 3 heteroatoms. The number of aromatic nitrogens is 2. The van der Waals surface area contributed by atoms with Crippen LogP contribution >= 0.6 is 0 Å². The van der Waals surface area contributed by atoms with Gasteiger partial charge < -0.3 is 14.7 Å². The maximum atomic E-state index is 8.97. The van der Waals surface area contributed by atoms with E-state index in [1.165, 1.54) is 0 Å². The molecular formula is C9H10N2O. The summed E-state index contributed by atoms with van der Waals surface area (Å²) in [6, 6.07) is 7.68. The van der Waals surface area contributed by atoms with Crippen LogP contribution in [0, 0.1) is 0 Å². The highest BCUT2D eigenvalue weighted by molar-refractivity contribution is 5.27. The third-order valence-electron chi connectivity index (χ3n) is 1.84. The second-order valence-electron chi connectivity index (χ2n) is 2.58. The lowest BCUT2D eigenvalue weighted by Crippen LogP contribution is -1.97. The van der Waals surface area contributed by atoms with Crippen molar-refractivity contribution in [2.45, 2.75) is 6.61 Å². The first-order valence-corrected chi connectivity index (χ1v) is 3.82. The van der Waals surface area contributed by atoms with E-state index in [0.717, 1.165) is 11.5 Å². The Hall–Kier alpha value is -1.48. The summed E-state index contributed by atoms with van der Waals surface area (Å²) in [5.41, 5.74) is 0.887. The van der Waals surface area contributed by atoms with Gasteiger partial charge in [-0.05, 0) is 24.3 Å². The zero-order valence-electron chi connectivity index (χ0n) is 6.57. The topological polar surface area (TPSA) is 41.0 Å². The highest BCUT2D eigenvalue weighted by Gasteiger charge is 2.00. The molecule has 0 aromatic carbocycles. The Labute approximate surface area is 70.3 Å². The Morgan fingerprint density at radius 2 is 2.25 bits per heavy atom. The van der Waals surface area contributed by atoms with Crippen molar-refractivity contribution in [1.82, 2.24) is 9.55 Å². The van der Waals surface area contributed by atoms with Crippen molar-refractivity contribution < 1.29 is 5.11 Å². The molecule has 12 heavy (non-hydrogen) atoms. The Balaban J connectivity index is 2.46. The van der Waals surface area contributed by atoms with Gasteiger partial charge in [0.2, 0.25) is 0 Å². The van der Waals surface area contributed by atoms with E-state index >= 15 is 0 Å². The molecule has 0 atom stereocenters. The standard InChI is InChI=1S/C9H10N2O/c12-7-8-3-2-6-11(8)9-4-1-5-10-9/h1-6,10,12H,7H2. The molecule has 0 bridgehead atoms. The fourth-order valence-corrected chi connectivity index (χ4v) is 1.25. The quantitative estimate of drug-likeness (QED) is 0.686. The van der Waals surface area contributed by atoms with E-state index in [4.69, 9.17) is 5.11 Å². The van der Waals surface area contributed by atoms with E-state index in [2.05, 4.69) is 4.98 Å². The Morgan fingerprint density at radius 3 is 2.92 bits per heavy atom. The van der Waals surface area contributed by atoms with Crippen molar-refractivity contribution in [2.24, 2.45) is 0 Å². The van der Waals surface area contributed by atoms with Gasteiger partial charge in [0, 0.05) is 18.1 Å². The van der Waals surface area contributed by atoms with Gasteiger partial charge in [0.15, 0.2) is 0 Å². The van der Waals surface area contributed by atoms with Crippen molar-refractivity contribution in [3.05, 3.63) is 42.4 Å². The summed E-state index contributed by atoms with van der Waals surface area (Å²) in [4.78, 5) is 3.07. The maximum absolute atomic E-state index is 8.97. The number of aliphatic hydroxyl groups excluding tert-OH is 1. The minimum absolute atomic E-state index is 0.0615. The predicted molar refractivity (Wildman–Crippen MR) is 46.0 cm³/mol. The summed E-state index contributed by atoms with van der Waals surface area (Å²) >= 11 is 0. The summed E-state index contributed by atoms with van der Waals surface area (Å²) in [6.45, 7) is 0.0615. The van der Waals surface area contributed by atoms with E-state index < -0.39 is 0 Å². The van der Waals surface area contributed by atoms with E-state index in [9.17, 15) is 0 Å². The number of hydrogen-bond donors (Lipinski definition) is 2. The van der Waals surface area contributed by atoms with Crippen LogP contribution in [0.2, 0.25) is 0 Å². The second kappa shape index (κ2) is 2.87. The SMILES string of the molecule is OCc1cccn1-c1ccc[nH]1. The fraction of sp³-hybridized carbons (Fsp3) is 0.111. The molecule has 0 aliphatic heterocycles. The molecule has 2 heterocycles. The van der Waals surface area contributed by atoms with Crippen LogP contribution in [0.5, 0.6) is 0 Å². The van der Waals surface area contributed by atoms with Crippen molar-refractivity contribution in [1.29, 1.82) is 0 Å². The third-order valence-corrected chi connectivity index (χ3v) is 1.84. The highest BCUT2D eigenvalue weighted by atomic mass is 16.3. The largest absolute Gasteiger partial charge is 0.390 e. The molecule has 0 saturated carbocycles. The van der Waals surface area contributed by atoms with E-state index in [1.54, 1.807) is 0 Å². The summed E-state index contributed by atoms with van der Waals surface area (Å²) in [5, 5.41) is 8.97. The predicted octanol–water partition coefficient (Wildman–Crippen LogP) is 1.30. The van der Waals surface area contributed by atoms with Gasteiger partial charge in [-0.15, -0.1) is 0 Å². The lowest BCUT2D eigenvalue weighted by Gasteiger charge is -2.03. The molecule has 62 valence electrons. The summed E-state index contributed by atoms with van der Waals surface area (Å²) in [7, 11) is 0. The first kappa shape index (κ1) is 7.18. The lowest BCUT2D eigenvalue weighted by atomic mass is 10.4. The van der Waals surface area contributed by atoms with Gasteiger partial charge in [-0.1, -0.05) is 0 Å². The average Bonchev–Trinajstić information content (AvgIpc) is 2.74. The van der Waals surface area contributed by atoms with Crippen molar-refractivity contribution in [3.63, 3.8) is 0 Å². The van der Waals surface area contributed by atoms with Crippen LogP contribution < -0.4 is 0 Å². The molecule has 0 spiro atoms. The van der Waals surface area contributed by atoms with Gasteiger partial charge in [0.05, 0.1) is 6.61 Å². The molecule has 0 saturated heterocycles. The molecule has 2 aromatic rings. The third kappa shape index (κ3) is 1.04. The van der Waals surface area contributed by atoms with Gasteiger partial charge in [-0.3, -0.25) is 0 Å². The van der Waals surface area contributed by atoms with E-state index in [-0.39, 0.29) is 6.61 Å². The molecule has 0 radical (unpaired) electrons. The second-order valence-corrected chi connectivity index (χ2v) is 2.58. The number of aromatic amines is 1. The van der Waals surface area contributed by atoms with Crippen molar-refractivity contribution in [3.8, 4) is 5.82 Å². The van der Waals surface area contributed by atoms with Gasteiger partial charge in [0.25, 0.3) is 0 Å². The number of H-pyrrole nitrogens is 1. The molecule has 0 fully saturated rings. The molecule has 2 rings (SSSR count). The first-order valence-electron chi connectivity index (χ1n) is 3.82. The average molecular weight is 162 g/mol. The number of nitrogens with zero attached hydrogens (tertiary/aromatic N) is 1. The molecule has 2 aromatic heterocycles. The number of aliphatic hydroxyl groups is 1. The maximum Gasteiger partial charge on any atom is 0.114 e. The summed E-state index contributed by atoms with van der Waals surface area (Å²) in [6.07, 6.45) is 3.77. The van der Waals surface area contributed by atoms with Gasteiger partial charge in [0.1, 0.15) is 5.82 Å². The molecule has 2 N–H and O–H groups in total. The van der Waals surface area contributed by atoms with Gasteiger partial charge >= 0.3 is 0 Å². The molecule has 3 nitrogen and oxygen atoms in total. The minimum Gasteiger partial charge on any atom is -0.390 e. The Morgan fingerprint density at radius 1 is 1.33 bits per heavy atom. The summed E-state index contributed by atoms with van der Waals surface area (Å²) < 4.78 is 1.92. The fourth-order valence-electron chi connectivity index (χ4n) is 1.25. The number of nitrogens with one attached hydrogen (secondary N) is 1. The van der Waals surface area contributed by atoms with Crippen molar-refractivity contribution in [2.75, 3.05) is 0 Å². The van der Waals surface area contributed by atoms with Gasteiger partial charge in [-0.25, -0.2) is 0 Å². The zero-order chi connectivity index (χ0) is 8.39. The van der Waals surface area contributed by atoms with Crippen LogP contribution in [-0.4, -0.2) is 14.7 Å². The highest BCUT2D eigenvalue weighted by Crippen LogP contribution is 2.09. The number of hydrogen-bond acceptors (Lipinski definition) is 1. The molecular weight excluding hydrogens is 152 g/mol. The zero-order valence-corrected chi connectivity index (χ0v) is 6.57. The van der Waals surface area contributed by atoms with Crippen LogP contribution in [0.3, 0.4) is 0 Å². The van der Waals surface area contributed by atoms with Crippen LogP contribution in [0.25, 0.3) is 5.82 Å². The minimum atomic E-state index is 0.0615. The monoisotopic (exact) mass is 162 g/mol. The molecule has 0 amide bonds. The normalized spacial score (nSPS) is 10.4. The van der Waals surface area contributed by atoms with Crippen LogP contribution in [0.15, 0.2) is 36.7 Å². The molecule has 0 unspecified atom stereocenters. The Kier molecular flexibility index (Phi) is 1.72. The first-order chi connectivity index (χ1) is 5.92. The van der Waals surface area contributed by atoms with E-state index in [1.807, 2.05) is 41.2 Å². The van der Waals surface area contributed by atoms with Crippen LogP contribution in [0.4, 0.5) is 0 Å². The summed E-state index contributed by atoms with van der Waals surface area (Å²) in [5.74, 6) is 0.976. The molecule has 0 aliphatic carbocycles. The van der Waals surface area contributed by atoms with E-state index in [0.29, 0.717) is 0 Å². The smallest absolute Gasteiger partial charge is 0.114 e. The number of rotatable bonds is 2.